The number of piperazine rings is 1. The highest BCUT2D eigenvalue weighted by atomic mass is 15.4. The molecule has 0 N–H and O–H groups in total. The van der Waals surface area contributed by atoms with E-state index in [1.165, 1.54) is 5.56 Å². The van der Waals surface area contributed by atoms with Gasteiger partial charge in [0.05, 0.1) is 23.6 Å². The summed E-state index contributed by atoms with van der Waals surface area (Å²) in [4.78, 5) is 9.08. The normalized spacial score (nSPS) is 17.3. The standard InChI is InChI=1S/C20H24N6/c1-17(20-16-26(23-22-20)19-5-3-2-4-6-19)25-13-11-24(12-14-25)15-18-7-9-21-10-8-18/h2-10,16-17H,11-15H2,1H3/t17-/m1/s1. The summed E-state index contributed by atoms with van der Waals surface area (Å²) in [5.41, 5.74) is 3.39. The number of benzene rings is 1. The summed E-state index contributed by atoms with van der Waals surface area (Å²) in [5.74, 6) is 0. The Morgan fingerprint density at radius 2 is 1.69 bits per heavy atom. The highest BCUT2D eigenvalue weighted by Gasteiger charge is 2.24. The molecule has 1 aromatic carbocycles. The van der Waals surface area contributed by atoms with Crippen molar-refractivity contribution < 1.29 is 0 Å². The summed E-state index contributed by atoms with van der Waals surface area (Å²) in [5, 5.41) is 8.70. The van der Waals surface area contributed by atoms with Gasteiger partial charge in [-0.15, -0.1) is 5.10 Å². The van der Waals surface area contributed by atoms with E-state index < -0.39 is 0 Å². The fourth-order valence-electron chi connectivity index (χ4n) is 3.42. The molecule has 134 valence electrons. The van der Waals surface area contributed by atoms with Crippen LogP contribution in [-0.2, 0) is 6.54 Å². The Bertz CT molecular complexity index is 809. The molecule has 1 saturated heterocycles. The molecular formula is C20H24N6. The molecule has 0 radical (unpaired) electrons. The third-order valence-corrected chi connectivity index (χ3v) is 5.07. The number of hydrogen-bond donors (Lipinski definition) is 0. The van der Waals surface area contributed by atoms with Gasteiger partial charge in [-0.05, 0) is 36.8 Å². The lowest BCUT2D eigenvalue weighted by Crippen LogP contribution is -2.46. The fraction of sp³-hybridized carbons (Fsp3) is 0.350. The van der Waals surface area contributed by atoms with E-state index >= 15 is 0 Å². The van der Waals surface area contributed by atoms with Crippen molar-refractivity contribution in [1.29, 1.82) is 0 Å². The van der Waals surface area contributed by atoms with E-state index in [4.69, 9.17) is 0 Å². The van der Waals surface area contributed by atoms with Crippen LogP contribution in [0, 0.1) is 0 Å². The summed E-state index contributed by atoms with van der Waals surface area (Å²) in [6.45, 7) is 7.45. The van der Waals surface area contributed by atoms with Crippen molar-refractivity contribution in [2.24, 2.45) is 0 Å². The number of hydrogen-bond acceptors (Lipinski definition) is 5. The molecule has 1 atom stereocenters. The topological polar surface area (TPSA) is 50.1 Å². The van der Waals surface area contributed by atoms with Crippen molar-refractivity contribution in [3.8, 4) is 5.69 Å². The van der Waals surface area contributed by atoms with Crippen LogP contribution in [-0.4, -0.2) is 56.0 Å². The molecule has 0 saturated carbocycles. The van der Waals surface area contributed by atoms with E-state index in [2.05, 4.69) is 44.2 Å². The molecule has 3 aromatic rings. The largest absolute Gasteiger partial charge is 0.297 e. The minimum atomic E-state index is 0.274. The number of nitrogens with zero attached hydrogens (tertiary/aromatic N) is 6. The molecule has 6 nitrogen and oxygen atoms in total. The molecule has 1 fully saturated rings. The zero-order chi connectivity index (χ0) is 17.8. The third-order valence-electron chi connectivity index (χ3n) is 5.07. The van der Waals surface area contributed by atoms with Crippen molar-refractivity contribution >= 4 is 0 Å². The van der Waals surface area contributed by atoms with Gasteiger partial charge < -0.3 is 0 Å². The van der Waals surface area contributed by atoms with E-state index in [-0.39, 0.29) is 6.04 Å². The summed E-state index contributed by atoms with van der Waals surface area (Å²) in [6, 6.07) is 14.6. The van der Waals surface area contributed by atoms with Crippen molar-refractivity contribution in [1.82, 2.24) is 29.8 Å². The first-order valence-corrected chi connectivity index (χ1v) is 9.12. The van der Waals surface area contributed by atoms with Crippen LogP contribution in [0.2, 0.25) is 0 Å². The molecule has 1 aliphatic rings. The first kappa shape index (κ1) is 16.9. The van der Waals surface area contributed by atoms with Crippen molar-refractivity contribution in [3.63, 3.8) is 0 Å². The van der Waals surface area contributed by atoms with Gasteiger partial charge in [0.15, 0.2) is 0 Å². The molecule has 0 unspecified atom stereocenters. The van der Waals surface area contributed by atoms with Gasteiger partial charge in [0.1, 0.15) is 0 Å². The first-order chi connectivity index (χ1) is 12.8. The predicted molar refractivity (Wildman–Crippen MR) is 101 cm³/mol. The Kier molecular flexibility index (Phi) is 5.04. The van der Waals surface area contributed by atoms with Gasteiger partial charge >= 0.3 is 0 Å². The molecule has 0 amide bonds. The van der Waals surface area contributed by atoms with Gasteiger partial charge in [0.2, 0.25) is 0 Å². The van der Waals surface area contributed by atoms with Gasteiger partial charge in [0, 0.05) is 45.1 Å². The molecular weight excluding hydrogens is 324 g/mol. The highest BCUT2D eigenvalue weighted by Crippen LogP contribution is 2.21. The fourth-order valence-corrected chi connectivity index (χ4v) is 3.42. The van der Waals surface area contributed by atoms with E-state index in [9.17, 15) is 0 Å². The average molecular weight is 348 g/mol. The summed E-state index contributed by atoms with van der Waals surface area (Å²) >= 11 is 0. The molecule has 6 heteroatoms. The van der Waals surface area contributed by atoms with Gasteiger partial charge in [-0.25, -0.2) is 4.68 Å². The highest BCUT2D eigenvalue weighted by molar-refractivity contribution is 5.30. The van der Waals surface area contributed by atoms with Crippen molar-refractivity contribution in [2.75, 3.05) is 26.2 Å². The minimum Gasteiger partial charge on any atom is -0.297 e. The third kappa shape index (κ3) is 3.81. The first-order valence-electron chi connectivity index (χ1n) is 9.12. The molecule has 0 spiro atoms. The van der Waals surface area contributed by atoms with E-state index in [1.807, 2.05) is 53.6 Å². The SMILES string of the molecule is C[C@H](c1cn(-c2ccccc2)nn1)N1CCN(Cc2ccncc2)CC1. The smallest absolute Gasteiger partial charge is 0.1000 e. The monoisotopic (exact) mass is 348 g/mol. The van der Waals surface area contributed by atoms with E-state index in [0.29, 0.717) is 0 Å². The van der Waals surface area contributed by atoms with Crippen LogP contribution >= 0.6 is 0 Å². The van der Waals surface area contributed by atoms with Gasteiger partial charge in [-0.2, -0.15) is 0 Å². The maximum absolute atomic E-state index is 4.41. The summed E-state index contributed by atoms with van der Waals surface area (Å²) in [7, 11) is 0. The van der Waals surface area contributed by atoms with Crippen LogP contribution in [0.3, 0.4) is 0 Å². The second kappa shape index (κ2) is 7.76. The van der Waals surface area contributed by atoms with Crippen LogP contribution in [0.25, 0.3) is 5.69 Å². The predicted octanol–water partition coefficient (Wildman–Crippen LogP) is 2.54. The van der Waals surface area contributed by atoms with E-state index in [0.717, 1.165) is 44.1 Å². The lowest BCUT2D eigenvalue weighted by atomic mass is 10.1. The zero-order valence-corrected chi connectivity index (χ0v) is 15.1. The quantitative estimate of drug-likeness (QED) is 0.709. The van der Waals surface area contributed by atoms with Crippen LogP contribution in [0.4, 0.5) is 0 Å². The zero-order valence-electron chi connectivity index (χ0n) is 15.1. The molecule has 26 heavy (non-hydrogen) atoms. The van der Waals surface area contributed by atoms with Crippen molar-refractivity contribution in [2.45, 2.75) is 19.5 Å². The second-order valence-electron chi connectivity index (χ2n) is 6.77. The van der Waals surface area contributed by atoms with Gasteiger partial charge in [-0.1, -0.05) is 23.4 Å². The van der Waals surface area contributed by atoms with Crippen LogP contribution in [0.5, 0.6) is 0 Å². The van der Waals surface area contributed by atoms with Gasteiger partial charge in [-0.3, -0.25) is 14.8 Å². The Labute approximate surface area is 154 Å². The maximum Gasteiger partial charge on any atom is 0.1000 e. The molecule has 0 aliphatic carbocycles. The molecule has 2 aromatic heterocycles. The van der Waals surface area contributed by atoms with Crippen LogP contribution < -0.4 is 0 Å². The minimum absolute atomic E-state index is 0.274. The summed E-state index contributed by atoms with van der Waals surface area (Å²) < 4.78 is 1.85. The summed E-state index contributed by atoms with van der Waals surface area (Å²) in [6.07, 6.45) is 5.77. The number of aromatic nitrogens is 4. The number of para-hydroxylation sites is 1. The van der Waals surface area contributed by atoms with Crippen LogP contribution in [0.1, 0.15) is 24.2 Å². The lowest BCUT2D eigenvalue weighted by molar-refractivity contribution is 0.0963. The number of rotatable bonds is 5. The molecule has 0 bridgehead atoms. The second-order valence-corrected chi connectivity index (χ2v) is 6.77. The molecule has 3 heterocycles. The number of pyridine rings is 1. The lowest BCUT2D eigenvalue weighted by Gasteiger charge is -2.37. The molecule has 1 aliphatic heterocycles. The maximum atomic E-state index is 4.41. The van der Waals surface area contributed by atoms with E-state index in [1.54, 1.807) is 0 Å². The Balaban J connectivity index is 1.35. The Morgan fingerprint density at radius 1 is 0.962 bits per heavy atom. The van der Waals surface area contributed by atoms with Gasteiger partial charge in [0.25, 0.3) is 0 Å². The Hall–Kier alpha value is -2.57. The van der Waals surface area contributed by atoms with Crippen molar-refractivity contribution in [3.05, 3.63) is 72.3 Å². The Morgan fingerprint density at radius 3 is 2.42 bits per heavy atom. The average Bonchev–Trinajstić information content (AvgIpc) is 3.20. The molecule has 4 rings (SSSR count). The van der Waals surface area contributed by atoms with Crippen LogP contribution in [0.15, 0.2) is 61.1 Å².